The monoisotopic (exact) mass is 754 g/mol. The second-order valence-corrected chi connectivity index (χ2v) is 18.3. The number of fused-ring (bicyclic) bond motifs is 5. The molecule has 2 aromatic carbocycles. The van der Waals surface area contributed by atoms with Gasteiger partial charge in [-0.3, -0.25) is 14.5 Å². The lowest BCUT2D eigenvalue weighted by molar-refractivity contribution is 0.0409. The second-order valence-electron chi connectivity index (χ2n) is 16.1. The standard InChI is InChI=1S/C42H54N6O5S/c1-25(2)48-24-43-38(42(50)46-21-27(5)45(7)28(6)22-46)39(48)32-18-31-19-33(53-8)15-17-34(31)40-37(29-12-10-9-11-13-29)35-16-14-30(20-36(35)47(40)23-32)41(49)44-54(51,52)26(3)4/h14-20,24-29H,9-13,21-23H2,1-8H3,(H,44,49). The number of hydrogen-bond acceptors (Lipinski definition) is 7. The van der Waals surface area contributed by atoms with E-state index in [1.54, 1.807) is 33.4 Å². The highest BCUT2D eigenvalue weighted by molar-refractivity contribution is 7.90. The number of hydrogen-bond donors (Lipinski definition) is 1. The lowest BCUT2D eigenvalue weighted by atomic mass is 9.81. The number of allylic oxidation sites excluding steroid dienone is 1. The fraction of sp³-hybridized carbons (Fsp3) is 0.500. The SMILES string of the molecule is COc1ccc2c(c1)C=C(c1c(C(=O)N3CC(C)N(C)C(C)C3)ncn1C(C)C)Cn1c-2c(C2CCCCC2)c2ccc(C(=O)NS(=O)(=O)C(C)C)cc21. The Labute approximate surface area is 319 Å². The molecule has 2 aliphatic heterocycles. The topological polar surface area (TPSA) is 119 Å². The Bertz CT molecular complexity index is 2230. The average molecular weight is 755 g/mol. The summed E-state index contributed by atoms with van der Waals surface area (Å²) in [6, 6.07) is 12.2. The Morgan fingerprint density at radius 2 is 1.65 bits per heavy atom. The molecule has 0 spiro atoms. The van der Waals surface area contributed by atoms with Crippen LogP contribution in [0.25, 0.3) is 33.8 Å². The number of amides is 2. The van der Waals surface area contributed by atoms with Crippen LogP contribution in [0, 0.1) is 0 Å². The molecule has 11 nitrogen and oxygen atoms in total. The van der Waals surface area contributed by atoms with Gasteiger partial charge in [0, 0.05) is 53.2 Å². The van der Waals surface area contributed by atoms with E-state index in [4.69, 9.17) is 9.72 Å². The number of benzene rings is 2. The third-order valence-corrected chi connectivity index (χ3v) is 13.6. The van der Waals surface area contributed by atoms with Gasteiger partial charge >= 0.3 is 0 Å². The Balaban J connectivity index is 1.46. The number of ether oxygens (including phenoxy) is 1. The van der Waals surface area contributed by atoms with Crippen molar-refractivity contribution >= 4 is 44.4 Å². The number of piperazine rings is 1. The van der Waals surface area contributed by atoms with Gasteiger partial charge in [0.05, 0.1) is 36.6 Å². The quantitative estimate of drug-likeness (QED) is 0.200. The summed E-state index contributed by atoms with van der Waals surface area (Å²) in [7, 11) is -0.0629. The fourth-order valence-corrected chi connectivity index (χ4v) is 9.19. The van der Waals surface area contributed by atoms with Gasteiger partial charge in [-0.2, -0.15) is 0 Å². The number of nitrogens with zero attached hydrogens (tertiary/aromatic N) is 5. The van der Waals surface area contributed by atoms with Crippen LogP contribution in [0.15, 0.2) is 42.7 Å². The molecular weight excluding hydrogens is 701 g/mol. The molecule has 4 aromatic rings. The summed E-state index contributed by atoms with van der Waals surface area (Å²) in [5.41, 5.74) is 7.58. The summed E-state index contributed by atoms with van der Waals surface area (Å²) in [5.74, 6) is 0.302. The number of aromatic nitrogens is 3. The first-order chi connectivity index (χ1) is 25.7. The van der Waals surface area contributed by atoms with Crippen LogP contribution in [0.4, 0.5) is 0 Å². The van der Waals surface area contributed by atoms with Crippen molar-refractivity contribution in [1.82, 2.24) is 28.6 Å². The maximum atomic E-state index is 14.6. The molecule has 3 aliphatic rings. The van der Waals surface area contributed by atoms with Crippen LogP contribution >= 0.6 is 0 Å². The summed E-state index contributed by atoms with van der Waals surface area (Å²) in [6.45, 7) is 13.2. The summed E-state index contributed by atoms with van der Waals surface area (Å²) < 4.78 is 38.0. The predicted octanol–water partition coefficient (Wildman–Crippen LogP) is 7.33. The maximum absolute atomic E-state index is 14.6. The van der Waals surface area contributed by atoms with Crippen LogP contribution in [0.2, 0.25) is 0 Å². The third kappa shape index (κ3) is 6.76. The molecule has 2 unspecified atom stereocenters. The molecule has 7 rings (SSSR count). The number of sulfonamides is 1. The summed E-state index contributed by atoms with van der Waals surface area (Å²) in [4.78, 5) is 37.2. The molecule has 2 amide bonds. The zero-order chi connectivity index (χ0) is 38.6. The first-order valence-corrected chi connectivity index (χ1v) is 20.9. The fourth-order valence-electron chi connectivity index (χ4n) is 8.58. The number of rotatable bonds is 8. The summed E-state index contributed by atoms with van der Waals surface area (Å²) in [6.07, 6.45) is 9.58. The second kappa shape index (κ2) is 14.7. The number of likely N-dealkylation sites (N-methyl/N-ethyl adjacent to an activating group) is 1. The van der Waals surface area contributed by atoms with Gasteiger partial charge in [-0.05, 0) is 120 Å². The van der Waals surface area contributed by atoms with Gasteiger partial charge < -0.3 is 18.8 Å². The molecule has 2 aromatic heterocycles. The molecule has 1 saturated carbocycles. The highest BCUT2D eigenvalue weighted by Gasteiger charge is 2.35. The maximum Gasteiger partial charge on any atom is 0.274 e. The molecule has 0 radical (unpaired) electrons. The average Bonchev–Trinajstić information content (AvgIpc) is 3.68. The van der Waals surface area contributed by atoms with E-state index in [0.717, 1.165) is 70.4 Å². The molecule has 0 bridgehead atoms. The van der Waals surface area contributed by atoms with Gasteiger partial charge in [-0.15, -0.1) is 0 Å². The van der Waals surface area contributed by atoms with E-state index in [2.05, 4.69) is 71.7 Å². The molecular formula is C42H54N6O5S. The molecule has 1 aliphatic carbocycles. The van der Waals surface area contributed by atoms with Crippen LogP contribution < -0.4 is 9.46 Å². The molecule has 2 fully saturated rings. The van der Waals surface area contributed by atoms with Gasteiger partial charge in [0.25, 0.3) is 11.8 Å². The van der Waals surface area contributed by atoms with E-state index in [9.17, 15) is 18.0 Å². The number of nitrogens with one attached hydrogen (secondary N) is 1. The van der Waals surface area contributed by atoms with Crippen molar-refractivity contribution in [2.45, 2.75) is 109 Å². The van der Waals surface area contributed by atoms with E-state index < -0.39 is 21.2 Å². The van der Waals surface area contributed by atoms with Gasteiger partial charge in [-0.1, -0.05) is 25.3 Å². The predicted molar refractivity (Wildman–Crippen MR) is 214 cm³/mol. The summed E-state index contributed by atoms with van der Waals surface area (Å²) >= 11 is 0. The van der Waals surface area contributed by atoms with E-state index >= 15 is 0 Å². The zero-order valence-electron chi connectivity index (χ0n) is 32.8. The molecule has 288 valence electrons. The number of carbonyl (C=O) groups is 2. The lowest BCUT2D eigenvalue weighted by Crippen LogP contribution is -2.56. The first-order valence-electron chi connectivity index (χ1n) is 19.4. The van der Waals surface area contributed by atoms with Crippen LogP contribution in [0.1, 0.15) is 123 Å². The Kier molecular flexibility index (Phi) is 10.3. The highest BCUT2D eigenvalue weighted by Crippen LogP contribution is 2.48. The van der Waals surface area contributed by atoms with Gasteiger partial charge in [-0.25, -0.2) is 18.1 Å². The van der Waals surface area contributed by atoms with Crippen LogP contribution in [0.5, 0.6) is 5.75 Å². The van der Waals surface area contributed by atoms with Crippen LogP contribution in [-0.2, 0) is 16.6 Å². The third-order valence-electron chi connectivity index (χ3n) is 11.9. The molecule has 1 N–H and O–H groups in total. The van der Waals surface area contributed by atoms with Gasteiger partial charge in [0.2, 0.25) is 10.0 Å². The lowest BCUT2D eigenvalue weighted by Gasteiger charge is -2.42. The Hall–Kier alpha value is -4.42. The number of methoxy groups -OCH3 is 1. The van der Waals surface area contributed by atoms with Crippen molar-refractivity contribution in [3.05, 3.63) is 70.8 Å². The molecule has 2 atom stereocenters. The number of imidazole rings is 1. The largest absolute Gasteiger partial charge is 0.497 e. The van der Waals surface area contributed by atoms with Crippen molar-refractivity contribution in [2.24, 2.45) is 0 Å². The van der Waals surface area contributed by atoms with Crippen molar-refractivity contribution in [3.8, 4) is 17.0 Å². The van der Waals surface area contributed by atoms with Crippen molar-refractivity contribution in [3.63, 3.8) is 0 Å². The minimum absolute atomic E-state index is 0.0187. The number of carbonyl (C=O) groups excluding carboxylic acids is 2. The van der Waals surface area contributed by atoms with Crippen molar-refractivity contribution in [1.29, 1.82) is 0 Å². The molecule has 12 heteroatoms. The normalized spacial score (nSPS) is 19.8. The zero-order valence-corrected chi connectivity index (χ0v) is 33.7. The highest BCUT2D eigenvalue weighted by atomic mass is 32.2. The van der Waals surface area contributed by atoms with E-state index in [0.29, 0.717) is 31.2 Å². The molecule has 4 heterocycles. The molecule has 1 saturated heterocycles. The van der Waals surface area contributed by atoms with Gasteiger partial charge in [0.1, 0.15) is 5.75 Å². The van der Waals surface area contributed by atoms with E-state index in [-0.39, 0.29) is 29.6 Å². The van der Waals surface area contributed by atoms with Gasteiger partial charge in [0.15, 0.2) is 5.69 Å². The summed E-state index contributed by atoms with van der Waals surface area (Å²) in [5, 5.41) is 0.297. The van der Waals surface area contributed by atoms with Crippen molar-refractivity contribution < 1.29 is 22.7 Å². The van der Waals surface area contributed by atoms with E-state index in [1.807, 2.05) is 23.1 Å². The van der Waals surface area contributed by atoms with Crippen LogP contribution in [-0.4, -0.2) is 88.7 Å². The molecule has 54 heavy (non-hydrogen) atoms. The van der Waals surface area contributed by atoms with Crippen LogP contribution in [0.3, 0.4) is 0 Å². The van der Waals surface area contributed by atoms with E-state index in [1.165, 1.54) is 12.0 Å². The Morgan fingerprint density at radius 1 is 0.944 bits per heavy atom. The van der Waals surface area contributed by atoms with Crippen molar-refractivity contribution in [2.75, 3.05) is 27.2 Å². The minimum atomic E-state index is -3.84. The minimum Gasteiger partial charge on any atom is -0.497 e. The Morgan fingerprint density at radius 3 is 2.30 bits per heavy atom. The first kappa shape index (κ1) is 37.9. The smallest absolute Gasteiger partial charge is 0.274 e.